The van der Waals surface area contributed by atoms with Crippen molar-refractivity contribution in [2.75, 3.05) is 24.2 Å². The van der Waals surface area contributed by atoms with Crippen LogP contribution < -0.4 is 5.32 Å². The Hall–Kier alpha value is -2.02. The molecule has 0 unspecified atom stereocenters. The van der Waals surface area contributed by atoms with Crippen LogP contribution in [0.2, 0.25) is 0 Å². The first-order chi connectivity index (χ1) is 13.1. The molecule has 0 aromatic heterocycles. The van der Waals surface area contributed by atoms with E-state index < -0.39 is 5.97 Å². The Balaban J connectivity index is 1.38. The van der Waals surface area contributed by atoms with Crippen molar-refractivity contribution in [3.63, 3.8) is 0 Å². The molecule has 2 fully saturated rings. The number of rotatable bonds is 3. The lowest BCUT2D eigenvalue weighted by atomic mass is 9.65. The molecule has 2 heterocycles. The minimum absolute atomic E-state index is 0.0882. The van der Waals surface area contributed by atoms with Gasteiger partial charge in [-0.2, -0.15) is 0 Å². The molecule has 1 aromatic carbocycles. The van der Waals surface area contributed by atoms with Crippen molar-refractivity contribution in [1.29, 1.82) is 0 Å². The summed E-state index contributed by atoms with van der Waals surface area (Å²) in [5.41, 5.74) is 1.34. The standard InChI is InChI=1S/C21H26N2O4S/c1-20(2)7-14-8-21(3,11-20)12-23(14)18(25)9-27-19(26)13-4-5-16-15(6-13)22-17(24)10-28-16/h4-6,14H,7-12H2,1-3H3,(H,22,24)/t14-,21-/m1/s1. The van der Waals surface area contributed by atoms with Crippen molar-refractivity contribution < 1.29 is 19.1 Å². The van der Waals surface area contributed by atoms with Gasteiger partial charge in [-0.15, -0.1) is 11.8 Å². The summed E-state index contributed by atoms with van der Waals surface area (Å²) >= 11 is 1.44. The second kappa shape index (κ2) is 6.79. The van der Waals surface area contributed by atoms with E-state index in [2.05, 4.69) is 26.1 Å². The van der Waals surface area contributed by atoms with E-state index in [4.69, 9.17) is 4.74 Å². The zero-order valence-electron chi connectivity index (χ0n) is 16.5. The highest BCUT2D eigenvalue weighted by Crippen LogP contribution is 2.52. The number of amides is 2. The predicted octanol–water partition coefficient (Wildman–Crippen LogP) is 3.31. The van der Waals surface area contributed by atoms with Crippen LogP contribution in [0.4, 0.5) is 5.69 Å². The fourth-order valence-corrected chi connectivity index (χ4v) is 6.04. The highest BCUT2D eigenvalue weighted by atomic mass is 32.2. The van der Waals surface area contributed by atoms with Crippen LogP contribution in [0, 0.1) is 10.8 Å². The molecule has 6 nitrogen and oxygen atoms in total. The molecule has 3 aliphatic rings. The number of anilines is 1. The second-order valence-electron chi connectivity index (χ2n) is 9.36. The lowest BCUT2D eigenvalue weighted by Crippen LogP contribution is -2.39. The maximum Gasteiger partial charge on any atom is 0.338 e. The second-order valence-corrected chi connectivity index (χ2v) is 10.4. The molecule has 150 valence electrons. The van der Waals surface area contributed by atoms with Crippen LogP contribution in [0.3, 0.4) is 0 Å². The number of nitrogens with zero attached hydrogens (tertiary/aromatic N) is 1. The summed E-state index contributed by atoms with van der Waals surface area (Å²) in [6.45, 7) is 7.26. The van der Waals surface area contributed by atoms with Gasteiger partial charge in [0.1, 0.15) is 0 Å². The topological polar surface area (TPSA) is 75.7 Å². The van der Waals surface area contributed by atoms with Gasteiger partial charge < -0.3 is 15.0 Å². The Morgan fingerprint density at radius 2 is 2.07 bits per heavy atom. The van der Waals surface area contributed by atoms with Crippen LogP contribution in [0.25, 0.3) is 0 Å². The van der Waals surface area contributed by atoms with Crippen LogP contribution in [0.1, 0.15) is 50.4 Å². The Labute approximate surface area is 169 Å². The lowest BCUT2D eigenvalue weighted by molar-refractivity contribution is -0.135. The minimum atomic E-state index is -0.547. The van der Waals surface area contributed by atoms with E-state index >= 15 is 0 Å². The molecule has 2 bridgehead atoms. The number of esters is 1. The van der Waals surface area contributed by atoms with E-state index in [0.29, 0.717) is 17.0 Å². The van der Waals surface area contributed by atoms with Crippen molar-refractivity contribution >= 4 is 35.2 Å². The number of carbonyl (C=O) groups excluding carboxylic acids is 3. The first-order valence-corrected chi connectivity index (χ1v) is 10.7. The first-order valence-electron chi connectivity index (χ1n) is 9.68. The van der Waals surface area contributed by atoms with Crippen LogP contribution in [0.5, 0.6) is 0 Å². The van der Waals surface area contributed by atoms with Gasteiger partial charge in [-0.25, -0.2) is 4.79 Å². The van der Waals surface area contributed by atoms with E-state index in [1.54, 1.807) is 18.2 Å². The normalized spacial score (nSPS) is 27.8. The molecular formula is C21H26N2O4S. The molecule has 0 radical (unpaired) electrons. The van der Waals surface area contributed by atoms with Gasteiger partial charge in [0.2, 0.25) is 5.91 Å². The maximum atomic E-state index is 12.7. The van der Waals surface area contributed by atoms with Crippen molar-refractivity contribution in [2.45, 2.75) is 51.0 Å². The summed E-state index contributed by atoms with van der Waals surface area (Å²) in [5.74, 6) is -0.385. The van der Waals surface area contributed by atoms with Crippen LogP contribution in [0.15, 0.2) is 23.1 Å². The van der Waals surface area contributed by atoms with E-state index in [0.717, 1.165) is 30.7 Å². The summed E-state index contributed by atoms with van der Waals surface area (Å²) in [6, 6.07) is 5.31. The maximum absolute atomic E-state index is 12.7. The van der Waals surface area contributed by atoms with Gasteiger partial charge in [0.25, 0.3) is 5.91 Å². The third-order valence-corrected chi connectivity index (χ3v) is 6.98. The molecule has 28 heavy (non-hydrogen) atoms. The van der Waals surface area contributed by atoms with E-state index in [-0.39, 0.29) is 35.3 Å². The Kier molecular flexibility index (Phi) is 4.68. The zero-order valence-corrected chi connectivity index (χ0v) is 17.4. The number of nitrogens with one attached hydrogen (secondary N) is 1. The monoisotopic (exact) mass is 402 g/mol. The minimum Gasteiger partial charge on any atom is -0.452 e. The van der Waals surface area contributed by atoms with Gasteiger partial charge in [-0.1, -0.05) is 20.8 Å². The summed E-state index contributed by atoms with van der Waals surface area (Å²) in [6.07, 6.45) is 3.13. The fraction of sp³-hybridized carbons (Fsp3) is 0.571. The lowest BCUT2D eigenvalue weighted by Gasteiger charge is -2.39. The molecular weight excluding hydrogens is 376 g/mol. The number of fused-ring (bicyclic) bond motifs is 3. The van der Waals surface area contributed by atoms with E-state index in [1.165, 1.54) is 11.8 Å². The number of likely N-dealkylation sites (tertiary alicyclic amines) is 1. The predicted molar refractivity (Wildman–Crippen MR) is 107 cm³/mol. The molecule has 0 spiro atoms. The number of carbonyl (C=O) groups is 3. The quantitative estimate of drug-likeness (QED) is 0.785. The largest absolute Gasteiger partial charge is 0.452 e. The first kappa shape index (κ1) is 19.3. The highest BCUT2D eigenvalue weighted by molar-refractivity contribution is 8.00. The molecule has 2 atom stereocenters. The van der Waals surface area contributed by atoms with Crippen LogP contribution in [-0.4, -0.2) is 47.6 Å². The van der Waals surface area contributed by atoms with Gasteiger partial charge in [-0.05, 0) is 48.3 Å². The smallest absolute Gasteiger partial charge is 0.338 e. The molecule has 2 aliphatic heterocycles. The van der Waals surface area contributed by atoms with Crippen LogP contribution in [-0.2, 0) is 14.3 Å². The molecule has 1 aromatic rings. The van der Waals surface area contributed by atoms with Crippen molar-refractivity contribution in [1.82, 2.24) is 4.90 Å². The number of hydrogen-bond acceptors (Lipinski definition) is 5. The van der Waals surface area contributed by atoms with Gasteiger partial charge >= 0.3 is 5.97 Å². The van der Waals surface area contributed by atoms with Crippen molar-refractivity contribution in [3.8, 4) is 0 Å². The molecule has 1 aliphatic carbocycles. The molecule has 2 amide bonds. The highest BCUT2D eigenvalue weighted by Gasteiger charge is 2.50. The third kappa shape index (κ3) is 3.77. The molecule has 4 rings (SSSR count). The van der Waals surface area contributed by atoms with Crippen molar-refractivity contribution in [2.24, 2.45) is 10.8 Å². The fourth-order valence-electron chi connectivity index (χ4n) is 5.26. The Morgan fingerprint density at radius 3 is 2.86 bits per heavy atom. The van der Waals surface area contributed by atoms with Gasteiger partial charge in [0.15, 0.2) is 6.61 Å². The Morgan fingerprint density at radius 1 is 1.29 bits per heavy atom. The SMILES string of the molecule is CC1(C)C[C@@H]2C[C@@](C)(CN2C(=O)COC(=O)c2ccc3c(c2)NC(=O)CS3)C1. The number of ether oxygens (including phenoxy) is 1. The number of hydrogen-bond donors (Lipinski definition) is 1. The zero-order chi connectivity index (χ0) is 20.1. The molecule has 1 N–H and O–H groups in total. The average Bonchev–Trinajstić information content (AvgIpc) is 2.87. The number of benzene rings is 1. The summed E-state index contributed by atoms with van der Waals surface area (Å²) in [5, 5.41) is 2.76. The van der Waals surface area contributed by atoms with E-state index in [1.807, 2.05) is 4.90 Å². The average molecular weight is 403 g/mol. The van der Waals surface area contributed by atoms with Gasteiger partial charge in [-0.3, -0.25) is 9.59 Å². The van der Waals surface area contributed by atoms with E-state index in [9.17, 15) is 14.4 Å². The summed E-state index contributed by atoms with van der Waals surface area (Å²) in [7, 11) is 0. The van der Waals surface area contributed by atoms with Crippen LogP contribution >= 0.6 is 11.8 Å². The molecule has 1 saturated heterocycles. The summed E-state index contributed by atoms with van der Waals surface area (Å²) < 4.78 is 5.30. The Bertz CT molecular complexity index is 853. The molecule has 7 heteroatoms. The summed E-state index contributed by atoms with van der Waals surface area (Å²) in [4.78, 5) is 39.5. The number of thioether (sulfide) groups is 1. The molecule has 1 saturated carbocycles. The third-order valence-electron chi connectivity index (χ3n) is 5.91. The van der Waals surface area contributed by atoms with Gasteiger partial charge in [0.05, 0.1) is 17.0 Å². The van der Waals surface area contributed by atoms with Crippen molar-refractivity contribution in [3.05, 3.63) is 23.8 Å². The van der Waals surface area contributed by atoms with Gasteiger partial charge in [0, 0.05) is 17.5 Å².